The lowest BCUT2D eigenvalue weighted by Gasteiger charge is -2.11. The first-order valence-electron chi connectivity index (χ1n) is 7.40. The number of ether oxygens (including phenoxy) is 1. The summed E-state index contributed by atoms with van der Waals surface area (Å²) < 4.78 is 10.4. The third-order valence-electron chi connectivity index (χ3n) is 2.95. The molecule has 2 aromatic rings. The number of nitrogens with zero attached hydrogens (tertiary/aromatic N) is 4. The molecule has 0 aliphatic carbocycles. The van der Waals surface area contributed by atoms with Crippen LogP contribution in [0.4, 0.5) is 5.95 Å². The van der Waals surface area contributed by atoms with E-state index in [1.807, 2.05) is 20.8 Å². The maximum atomic E-state index is 11.8. The van der Waals surface area contributed by atoms with E-state index >= 15 is 0 Å². The van der Waals surface area contributed by atoms with Gasteiger partial charge in [-0.1, -0.05) is 25.9 Å². The van der Waals surface area contributed by atoms with E-state index in [1.54, 1.807) is 25.4 Å². The number of anilines is 1. The molecule has 0 radical (unpaired) electrons. The summed E-state index contributed by atoms with van der Waals surface area (Å²) in [6.45, 7) is 8.03. The van der Waals surface area contributed by atoms with Gasteiger partial charge in [0.2, 0.25) is 5.95 Å². The van der Waals surface area contributed by atoms with Gasteiger partial charge in [-0.05, 0) is 13.0 Å². The van der Waals surface area contributed by atoms with Crippen molar-refractivity contribution in [2.24, 2.45) is 0 Å². The molecule has 23 heavy (non-hydrogen) atoms. The fourth-order valence-corrected chi connectivity index (χ4v) is 1.68. The minimum absolute atomic E-state index is 0.183. The van der Waals surface area contributed by atoms with Crippen LogP contribution in [0.2, 0.25) is 0 Å². The molecule has 0 aliphatic rings. The van der Waals surface area contributed by atoms with E-state index in [2.05, 4.69) is 25.4 Å². The Bertz CT molecular complexity index is 636. The number of nitrogens with one attached hydrogen (secondary N) is 1. The minimum Gasteiger partial charge on any atom is -0.452 e. The van der Waals surface area contributed by atoms with Crippen LogP contribution in [0, 0.1) is 0 Å². The van der Waals surface area contributed by atoms with E-state index in [4.69, 9.17) is 9.26 Å². The van der Waals surface area contributed by atoms with Crippen LogP contribution < -0.4 is 5.32 Å². The van der Waals surface area contributed by atoms with E-state index in [-0.39, 0.29) is 17.8 Å². The molecule has 2 heterocycles. The monoisotopic (exact) mass is 319 g/mol. The fourth-order valence-electron chi connectivity index (χ4n) is 1.68. The van der Waals surface area contributed by atoms with E-state index in [1.165, 1.54) is 0 Å². The smallest absolute Gasteiger partial charge is 0.308 e. The van der Waals surface area contributed by atoms with Gasteiger partial charge in [0, 0.05) is 24.4 Å². The second kappa shape index (κ2) is 7.17. The summed E-state index contributed by atoms with van der Waals surface area (Å²) in [5, 5.41) is 6.85. The first-order chi connectivity index (χ1) is 10.9. The standard InChI is InChI=1S/C15H21N5O3/c1-10(12-19-13(20-23-12)15(2,3)4)22-11(21)6-9-18-14-16-7-5-8-17-14/h5,7-8,10H,6,9H2,1-4H3,(H,16,17,18). The average molecular weight is 319 g/mol. The Kier molecular flexibility index (Phi) is 5.25. The second-order valence-electron chi connectivity index (χ2n) is 6.09. The molecule has 0 amide bonds. The molecule has 1 unspecified atom stereocenters. The Labute approximate surface area is 134 Å². The van der Waals surface area contributed by atoms with Crippen molar-refractivity contribution in [2.45, 2.75) is 45.6 Å². The van der Waals surface area contributed by atoms with E-state index in [0.717, 1.165) is 0 Å². The number of rotatable bonds is 6. The lowest BCUT2D eigenvalue weighted by Crippen LogP contribution is -2.15. The molecular weight excluding hydrogens is 298 g/mol. The Morgan fingerprint density at radius 3 is 2.65 bits per heavy atom. The Morgan fingerprint density at radius 1 is 1.35 bits per heavy atom. The molecule has 0 saturated carbocycles. The summed E-state index contributed by atoms with van der Waals surface area (Å²) in [5.74, 6) is 0.984. The third kappa shape index (κ3) is 5.01. The van der Waals surface area contributed by atoms with Gasteiger partial charge in [-0.15, -0.1) is 0 Å². The van der Waals surface area contributed by atoms with Crippen LogP contribution in [0.5, 0.6) is 0 Å². The molecule has 2 aromatic heterocycles. The van der Waals surface area contributed by atoms with Crippen LogP contribution in [-0.2, 0) is 14.9 Å². The Morgan fingerprint density at radius 2 is 2.04 bits per heavy atom. The maximum absolute atomic E-state index is 11.8. The van der Waals surface area contributed by atoms with Crippen LogP contribution in [0.3, 0.4) is 0 Å². The fraction of sp³-hybridized carbons (Fsp3) is 0.533. The van der Waals surface area contributed by atoms with Crippen molar-refractivity contribution >= 4 is 11.9 Å². The highest BCUT2D eigenvalue weighted by Crippen LogP contribution is 2.22. The van der Waals surface area contributed by atoms with Crippen LogP contribution in [-0.4, -0.2) is 32.6 Å². The molecule has 2 rings (SSSR count). The SMILES string of the molecule is CC(OC(=O)CCNc1ncccn1)c1nc(C(C)(C)C)no1. The topological polar surface area (TPSA) is 103 Å². The van der Waals surface area contributed by atoms with E-state index in [0.29, 0.717) is 24.2 Å². The van der Waals surface area contributed by atoms with Gasteiger partial charge in [-0.2, -0.15) is 4.98 Å². The van der Waals surface area contributed by atoms with Gasteiger partial charge in [-0.3, -0.25) is 4.79 Å². The van der Waals surface area contributed by atoms with Crippen molar-refractivity contribution < 1.29 is 14.1 Å². The molecule has 8 heteroatoms. The molecule has 0 fully saturated rings. The van der Waals surface area contributed by atoms with Gasteiger partial charge < -0.3 is 14.6 Å². The highest BCUT2D eigenvalue weighted by atomic mass is 16.6. The van der Waals surface area contributed by atoms with Crippen LogP contribution in [0.15, 0.2) is 23.0 Å². The van der Waals surface area contributed by atoms with E-state index in [9.17, 15) is 4.79 Å². The molecule has 0 bridgehead atoms. The van der Waals surface area contributed by atoms with Crippen molar-refractivity contribution in [2.75, 3.05) is 11.9 Å². The molecule has 0 saturated heterocycles. The summed E-state index contributed by atoms with van der Waals surface area (Å²) in [5.41, 5.74) is -0.217. The molecule has 1 atom stereocenters. The van der Waals surface area contributed by atoms with Crippen LogP contribution in [0.25, 0.3) is 0 Å². The maximum Gasteiger partial charge on any atom is 0.308 e. The summed E-state index contributed by atoms with van der Waals surface area (Å²) in [7, 11) is 0. The molecule has 0 spiro atoms. The molecule has 8 nitrogen and oxygen atoms in total. The number of hydrogen-bond acceptors (Lipinski definition) is 8. The molecule has 0 aliphatic heterocycles. The zero-order chi connectivity index (χ0) is 16.9. The van der Waals surface area contributed by atoms with Gasteiger partial charge in [0.15, 0.2) is 11.9 Å². The third-order valence-corrected chi connectivity index (χ3v) is 2.95. The van der Waals surface area contributed by atoms with Gasteiger partial charge >= 0.3 is 5.97 Å². The Balaban J connectivity index is 1.79. The van der Waals surface area contributed by atoms with Crippen LogP contribution in [0.1, 0.15) is 51.9 Å². The number of esters is 1. The molecule has 0 aromatic carbocycles. The van der Waals surface area contributed by atoms with Crippen molar-refractivity contribution in [3.63, 3.8) is 0 Å². The highest BCUT2D eigenvalue weighted by Gasteiger charge is 2.24. The molecular formula is C15H21N5O3. The largest absolute Gasteiger partial charge is 0.452 e. The van der Waals surface area contributed by atoms with Crippen LogP contribution >= 0.6 is 0 Å². The van der Waals surface area contributed by atoms with Crippen molar-refractivity contribution in [1.29, 1.82) is 0 Å². The van der Waals surface area contributed by atoms with Gasteiger partial charge in [0.1, 0.15) is 0 Å². The predicted molar refractivity (Wildman–Crippen MR) is 82.6 cm³/mol. The summed E-state index contributed by atoms with van der Waals surface area (Å²) in [6, 6.07) is 1.72. The number of aromatic nitrogens is 4. The second-order valence-corrected chi connectivity index (χ2v) is 6.09. The number of carbonyl (C=O) groups is 1. The normalized spacial score (nSPS) is 12.7. The van der Waals surface area contributed by atoms with Gasteiger partial charge in [0.25, 0.3) is 5.89 Å². The zero-order valence-corrected chi connectivity index (χ0v) is 13.7. The molecule has 1 N–H and O–H groups in total. The first kappa shape index (κ1) is 16.9. The quantitative estimate of drug-likeness (QED) is 0.809. The van der Waals surface area contributed by atoms with Gasteiger partial charge in [0.05, 0.1) is 6.42 Å². The van der Waals surface area contributed by atoms with Crippen molar-refractivity contribution in [3.8, 4) is 0 Å². The van der Waals surface area contributed by atoms with Crippen molar-refractivity contribution in [3.05, 3.63) is 30.2 Å². The summed E-state index contributed by atoms with van der Waals surface area (Å²) >= 11 is 0. The number of hydrogen-bond donors (Lipinski definition) is 1. The predicted octanol–water partition coefficient (Wildman–Crippen LogP) is 2.26. The van der Waals surface area contributed by atoms with Gasteiger partial charge in [-0.25, -0.2) is 9.97 Å². The minimum atomic E-state index is -0.584. The Hall–Kier alpha value is -2.51. The average Bonchev–Trinajstić information content (AvgIpc) is 2.98. The first-order valence-corrected chi connectivity index (χ1v) is 7.40. The highest BCUT2D eigenvalue weighted by molar-refractivity contribution is 5.70. The molecule has 124 valence electrons. The number of carbonyl (C=O) groups excluding carboxylic acids is 1. The lowest BCUT2D eigenvalue weighted by atomic mass is 9.96. The zero-order valence-electron chi connectivity index (χ0n) is 13.7. The summed E-state index contributed by atoms with van der Waals surface area (Å²) in [6.07, 6.45) is 2.85. The van der Waals surface area contributed by atoms with E-state index < -0.39 is 6.10 Å². The lowest BCUT2D eigenvalue weighted by molar-refractivity contribution is -0.149. The van der Waals surface area contributed by atoms with Crippen molar-refractivity contribution in [1.82, 2.24) is 20.1 Å². The summed E-state index contributed by atoms with van der Waals surface area (Å²) in [4.78, 5) is 24.1.